The Kier molecular flexibility index (Phi) is 4.02. The van der Waals surface area contributed by atoms with E-state index in [1.54, 1.807) is 0 Å². The van der Waals surface area contributed by atoms with E-state index in [0.717, 1.165) is 17.4 Å². The van der Waals surface area contributed by atoms with Crippen LogP contribution in [-0.2, 0) is 0 Å². The molecule has 0 saturated carbocycles. The lowest BCUT2D eigenvalue weighted by atomic mass is 10.1. The molecule has 0 spiro atoms. The number of H-pyrrole nitrogens is 1. The van der Waals surface area contributed by atoms with Gasteiger partial charge in [0.1, 0.15) is 5.69 Å². The van der Waals surface area contributed by atoms with E-state index in [-0.39, 0.29) is 11.9 Å². The van der Waals surface area contributed by atoms with Gasteiger partial charge in [0.05, 0.1) is 0 Å². The quantitative estimate of drug-likeness (QED) is 0.840. The van der Waals surface area contributed by atoms with Crippen LogP contribution in [0.3, 0.4) is 0 Å². The first-order chi connectivity index (χ1) is 9.38. The number of hydrogen-bond donors (Lipinski definition) is 2. The molecule has 20 heavy (non-hydrogen) atoms. The first kappa shape index (κ1) is 14.4. The molecule has 1 heterocycles. The van der Waals surface area contributed by atoms with Crippen LogP contribution >= 0.6 is 0 Å². The maximum Gasteiger partial charge on any atom is 0.270 e. The maximum absolute atomic E-state index is 12.6. The van der Waals surface area contributed by atoms with E-state index in [0.29, 0.717) is 17.3 Å². The molecule has 1 amide bonds. The van der Waals surface area contributed by atoms with Gasteiger partial charge in [-0.05, 0) is 44.0 Å². The predicted octanol–water partition coefficient (Wildman–Crippen LogP) is 3.26. The molecule has 0 fully saturated rings. The molecule has 0 unspecified atom stereocenters. The Bertz CT molecular complexity index is 613. The van der Waals surface area contributed by atoms with E-state index >= 15 is 0 Å². The van der Waals surface area contributed by atoms with Gasteiger partial charge in [-0.25, -0.2) is 0 Å². The first-order valence-corrected chi connectivity index (χ1v) is 7.07. The Morgan fingerprint density at radius 2 is 1.95 bits per heavy atom. The van der Waals surface area contributed by atoms with Crippen LogP contribution in [0.15, 0.2) is 24.3 Å². The molecule has 0 aliphatic heterocycles. The number of nitrogens with two attached hydrogens (primary N) is 1. The van der Waals surface area contributed by atoms with Gasteiger partial charge in [0.25, 0.3) is 5.91 Å². The number of aromatic amines is 1. The third-order valence-corrected chi connectivity index (χ3v) is 3.32. The topological polar surface area (TPSA) is 62.1 Å². The van der Waals surface area contributed by atoms with Gasteiger partial charge in [-0.1, -0.05) is 13.8 Å². The standard InChI is InChI=1S/C16H23N3O/c1-10(2)9-19(11(3)4)16(20)15-8-12-7-13(17)5-6-14(12)18-15/h5-8,10-11,18H,9,17H2,1-4H3. The average molecular weight is 273 g/mol. The van der Waals surface area contributed by atoms with Crippen molar-refractivity contribution in [2.75, 3.05) is 12.3 Å². The number of rotatable bonds is 4. The SMILES string of the molecule is CC(C)CN(C(=O)c1cc2cc(N)ccc2[nH]1)C(C)C. The molecule has 1 aromatic heterocycles. The molecule has 0 bridgehead atoms. The van der Waals surface area contributed by atoms with Gasteiger partial charge >= 0.3 is 0 Å². The van der Waals surface area contributed by atoms with Crippen LogP contribution in [0.5, 0.6) is 0 Å². The fourth-order valence-corrected chi connectivity index (χ4v) is 2.34. The fraction of sp³-hybridized carbons (Fsp3) is 0.438. The number of nitrogens with zero attached hydrogens (tertiary/aromatic N) is 1. The lowest BCUT2D eigenvalue weighted by Crippen LogP contribution is -2.39. The number of nitrogen functional groups attached to an aromatic ring is 1. The molecule has 0 atom stereocenters. The molecular weight excluding hydrogens is 250 g/mol. The minimum absolute atomic E-state index is 0.0449. The van der Waals surface area contributed by atoms with Crippen molar-refractivity contribution in [2.24, 2.45) is 5.92 Å². The molecule has 0 radical (unpaired) electrons. The Morgan fingerprint density at radius 3 is 2.55 bits per heavy atom. The zero-order valence-corrected chi connectivity index (χ0v) is 12.6. The van der Waals surface area contributed by atoms with E-state index in [2.05, 4.69) is 18.8 Å². The number of anilines is 1. The summed E-state index contributed by atoms with van der Waals surface area (Å²) in [5.41, 5.74) is 8.05. The van der Waals surface area contributed by atoms with Gasteiger partial charge in [0.2, 0.25) is 0 Å². The summed E-state index contributed by atoms with van der Waals surface area (Å²) in [4.78, 5) is 17.7. The Balaban J connectivity index is 2.33. The zero-order chi connectivity index (χ0) is 14.9. The summed E-state index contributed by atoms with van der Waals surface area (Å²) < 4.78 is 0. The maximum atomic E-state index is 12.6. The first-order valence-electron chi connectivity index (χ1n) is 7.07. The molecule has 1 aromatic carbocycles. The predicted molar refractivity (Wildman–Crippen MR) is 83.7 cm³/mol. The molecule has 3 N–H and O–H groups in total. The Morgan fingerprint density at radius 1 is 1.25 bits per heavy atom. The van der Waals surface area contributed by atoms with E-state index in [1.165, 1.54) is 0 Å². The summed E-state index contributed by atoms with van der Waals surface area (Å²) in [6, 6.07) is 7.68. The van der Waals surface area contributed by atoms with Crippen LogP contribution in [-0.4, -0.2) is 28.4 Å². The van der Waals surface area contributed by atoms with Crippen molar-refractivity contribution in [3.05, 3.63) is 30.0 Å². The minimum atomic E-state index is 0.0449. The largest absolute Gasteiger partial charge is 0.399 e. The van der Waals surface area contributed by atoms with Gasteiger partial charge in [-0.15, -0.1) is 0 Å². The summed E-state index contributed by atoms with van der Waals surface area (Å²) in [6.07, 6.45) is 0. The van der Waals surface area contributed by atoms with Gasteiger partial charge in [0, 0.05) is 29.2 Å². The number of aromatic nitrogens is 1. The fourth-order valence-electron chi connectivity index (χ4n) is 2.34. The van der Waals surface area contributed by atoms with Crippen LogP contribution < -0.4 is 5.73 Å². The lowest BCUT2D eigenvalue weighted by molar-refractivity contribution is 0.0677. The second-order valence-electron chi connectivity index (χ2n) is 5.97. The summed E-state index contributed by atoms with van der Waals surface area (Å²) in [6.45, 7) is 9.08. The lowest BCUT2D eigenvalue weighted by Gasteiger charge is -2.28. The van der Waals surface area contributed by atoms with Gasteiger partial charge in [-0.3, -0.25) is 4.79 Å². The molecular formula is C16H23N3O. The number of fused-ring (bicyclic) bond motifs is 1. The molecule has 4 heteroatoms. The second-order valence-corrected chi connectivity index (χ2v) is 5.97. The van der Waals surface area contributed by atoms with Gasteiger partial charge < -0.3 is 15.6 Å². The van der Waals surface area contributed by atoms with E-state index in [4.69, 9.17) is 5.73 Å². The number of carbonyl (C=O) groups is 1. The van der Waals surface area contributed by atoms with E-state index in [1.807, 2.05) is 43.0 Å². The highest BCUT2D eigenvalue weighted by atomic mass is 16.2. The number of amides is 1. The molecule has 0 saturated heterocycles. The van der Waals surface area contributed by atoms with Crippen molar-refractivity contribution in [2.45, 2.75) is 33.7 Å². The smallest absolute Gasteiger partial charge is 0.270 e. The van der Waals surface area contributed by atoms with Crippen molar-refractivity contribution in [3.63, 3.8) is 0 Å². The number of benzene rings is 1. The zero-order valence-electron chi connectivity index (χ0n) is 12.6. The molecule has 108 valence electrons. The van der Waals surface area contributed by atoms with Gasteiger partial charge in [-0.2, -0.15) is 0 Å². The van der Waals surface area contributed by atoms with E-state index < -0.39 is 0 Å². The molecule has 2 aromatic rings. The second kappa shape index (κ2) is 5.57. The number of carbonyl (C=O) groups excluding carboxylic acids is 1. The van der Waals surface area contributed by atoms with Crippen molar-refractivity contribution in [1.82, 2.24) is 9.88 Å². The highest BCUT2D eigenvalue weighted by Gasteiger charge is 2.21. The summed E-state index contributed by atoms with van der Waals surface area (Å²) in [5, 5.41) is 0.974. The van der Waals surface area contributed by atoms with Crippen molar-refractivity contribution >= 4 is 22.5 Å². The monoisotopic (exact) mass is 273 g/mol. The molecule has 0 aliphatic rings. The normalized spacial score (nSPS) is 11.5. The van der Waals surface area contributed by atoms with Crippen LogP contribution in [0, 0.1) is 5.92 Å². The summed E-state index contributed by atoms with van der Waals surface area (Å²) >= 11 is 0. The minimum Gasteiger partial charge on any atom is -0.399 e. The Labute approximate surface area is 120 Å². The number of nitrogens with one attached hydrogen (secondary N) is 1. The number of hydrogen-bond acceptors (Lipinski definition) is 2. The van der Waals surface area contributed by atoms with Crippen molar-refractivity contribution < 1.29 is 4.79 Å². The van der Waals surface area contributed by atoms with Crippen LogP contribution in [0.25, 0.3) is 10.9 Å². The summed E-state index contributed by atoms with van der Waals surface area (Å²) in [5.74, 6) is 0.491. The van der Waals surface area contributed by atoms with Crippen molar-refractivity contribution in [1.29, 1.82) is 0 Å². The molecule has 0 aliphatic carbocycles. The van der Waals surface area contributed by atoms with Crippen LogP contribution in [0.4, 0.5) is 5.69 Å². The highest BCUT2D eigenvalue weighted by Crippen LogP contribution is 2.20. The van der Waals surface area contributed by atoms with Crippen LogP contribution in [0.1, 0.15) is 38.2 Å². The molecule has 4 nitrogen and oxygen atoms in total. The van der Waals surface area contributed by atoms with Gasteiger partial charge in [0.15, 0.2) is 0 Å². The van der Waals surface area contributed by atoms with E-state index in [9.17, 15) is 4.79 Å². The summed E-state index contributed by atoms with van der Waals surface area (Å²) in [7, 11) is 0. The highest BCUT2D eigenvalue weighted by molar-refractivity contribution is 5.98. The average Bonchev–Trinajstić information content (AvgIpc) is 2.77. The van der Waals surface area contributed by atoms with Crippen molar-refractivity contribution in [3.8, 4) is 0 Å². The van der Waals surface area contributed by atoms with Crippen LogP contribution in [0.2, 0.25) is 0 Å². The molecule has 2 rings (SSSR count). The Hall–Kier alpha value is -1.97. The third-order valence-electron chi connectivity index (χ3n) is 3.32. The third kappa shape index (κ3) is 2.95.